The van der Waals surface area contributed by atoms with Crippen molar-refractivity contribution in [3.63, 3.8) is 0 Å². The molecule has 0 unspecified atom stereocenters. The molecule has 1 N–H and O–H groups in total. The maximum Gasteiger partial charge on any atom is 0.0406 e. The molecular weight excluding hydrogens is 208 g/mol. The molecule has 0 radical (unpaired) electrons. The third-order valence-electron chi connectivity index (χ3n) is 2.75. The van der Waals surface area contributed by atoms with Gasteiger partial charge in [0.1, 0.15) is 0 Å². The maximum atomic E-state index is 5.86. The molecule has 0 saturated carbocycles. The van der Waals surface area contributed by atoms with Crippen LogP contribution in [0.3, 0.4) is 0 Å². The van der Waals surface area contributed by atoms with E-state index in [1.807, 2.05) is 12.1 Å². The van der Waals surface area contributed by atoms with E-state index in [-0.39, 0.29) is 0 Å². The molecule has 1 aliphatic heterocycles. The molecule has 0 spiro atoms. The van der Waals surface area contributed by atoms with Gasteiger partial charge in [0, 0.05) is 24.7 Å². The van der Waals surface area contributed by atoms with Gasteiger partial charge in [-0.3, -0.25) is 4.90 Å². The van der Waals surface area contributed by atoms with Crippen LogP contribution in [0.15, 0.2) is 24.3 Å². The summed E-state index contributed by atoms with van der Waals surface area (Å²) < 4.78 is 0. The zero-order valence-corrected chi connectivity index (χ0v) is 9.63. The van der Waals surface area contributed by atoms with Crippen LogP contribution in [-0.2, 0) is 6.54 Å². The summed E-state index contributed by atoms with van der Waals surface area (Å²) in [6, 6.07) is 8.15. The van der Waals surface area contributed by atoms with Crippen molar-refractivity contribution in [3.05, 3.63) is 34.9 Å². The Labute approximate surface area is 96.2 Å². The lowest BCUT2D eigenvalue weighted by molar-refractivity contribution is 0.284. The predicted octanol–water partition coefficient (Wildman–Crippen LogP) is 2.14. The van der Waals surface area contributed by atoms with Gasteiger partial charge in [0.25, 0.3) is 0 Å². The molecule has 82 valence electrons. The van der Waals surface area contributed by atoms with E-state index in [4.69, 9.17) is 11.6 Å². The van der Waals surface area contributed by atoms with Crippen LogP contribution < -0.4 is 5.32 Å². The minimum absolute atomic E-state index is 0.816. The van der Waals surface area contributed by atoms with Gasteiger partial charge in [0.2, 0.25) is 0 Å². The Hall–Kier alpha value is -0.570. The van der Waals surface area contributed by atoms with Crippen LogP contribution in [0.5, 0.6) is 0 Å². The predicted molar refractivity (Wildman–Crippen MR) is 64.2 cm³/mol. The highest BCUT2D eigenvalue weighted by Crippen LogP contribution is 2.11. The van der Waals surface area contributed by atoms with Crippen LogP contribution in [0.25, 0.3) is 0 Å². The number of nitrogens with one attached hydrogen (secondary N) is 1. The molecule has 3 heteroatoms. The largest absolute Gasteiger partial charge is 0.315 e. The Balaban J connectivity index is 1.92. The first-order valence-electron chi connectivity index (χ1n) is 5.52. The lowest BCUT2D eigenvalue weighted by atomic mass is 10.2. The van der Waals surface area contributed by atoms with Crippen LogP contribution in [0.4, 0.5) is 0 Å². The average molecular weight is 225 g/mol. The molecule has 2 rings (SSSR count). The maximum absolute atomic E-state index is 5.86. The molecule has 0 bridgehead atoms. The summed E-state index contributed by atoms with van der Waals surface area (Å²) in [7, 11) is 0. The fraction of sp³-hybridized carbons (Fsp3) is 0.500. The van der Waals surface area contributed by atoms with Gasteiger partial charge >= 0.3 is 0 Å². The summed E-state index contributed by atoms with van der Waals surface area (Å²) in [4.78, 5) is 2.49. The van der Waals surface area contributed by atoms with Crippen molar-refractivity contribution in [2.45, 2.75) is 13.0 Å². The average Bonchev–Trinajstić information content (AvgIpc) is 2.50. The van der Waals surface area contributed by atoms with Gasteiger partial charge in [0.15, 0.2) is 0 Å². The van der Waals surface area contributed by atoms with E-state index >= 15 is 0 Å². The summed E-state index contributed by atoms with van der Waals surface area (Å²) in [5.74, 6) is 0. The smallest absolute Gasteiger partial charge is 0.0406 e. The van der Waals surface area contributed by atoms with Crippen LogP contribution >= 0.6 is 11.6 Å². The second-order valence-electron chi connectivity index (χ2n) is 4.01. The standard InChI is InChI=1S/C12H17ClN2/c13-12-4-2-11(3-5-12)10-15-8-1-6-14-7-9-15/h2-5,14H,1,6-10H2. The third-order valence-corrected chi connectivity index (χ3v) is 3.00. The first-order chi connectivity index (χ1) is 7.34. The quantitative estimate of drug-likeness (QED) is 0.828. The Kier molecular flexibility index (Phi) is 4.01. The number of halogens is 1. The summed E-state index contributed by atoms with van der Waals surface area (Å²) in [6.45, 7) is 5.63. The fourth-order valence-electron chi connectivity index (χ4n) is 1.91. The van der Waals surface area contributed by atoms with Gasteiger partial charge in [-0.15, -0.1) is 0 Å². The third kappa shape index (κ3) is 3.49. The highest BCUT2D eigenvalue weighted by molar-refractivity contribution is 6.30. The molecule has 0 amide bonds. The van der Waals surface area contributed by atoms with Gasteiger partial charge in [-0.1, -0.05) is 23.7 Å². The molecule has 2 nitrogen and oxygen atoms in total. The second-order valence-corrected chi connectivity index (χ2v) is 4.44. The van der Waals surface area contributed by atoms with Crippen LogP contribution in [-0.4, -0.2) is 31.1 Å². The molecular formula is C12H17ClN2. The van der Waals surface area contributed by atoms with Crippen molar-refractivity contribution in [1.29, 1.82) is 0 Å². The Morgan fingerprint density at radius 1 is 1.13 bits per heavy atom. The molecule has 1 saturated heterocycles. The summed E-state index contributed by atoms with van der Waals surface area (Å²) >= 11 is 5.86. The first-order valence-corrected chi connectivity index (χ1v) is 5.90. The Morgan fingerprint density at radius 2 is 1.93 bits per heavy atom. The number of hydrogen-bond acceptors (Lipinski definition) is 2. The van der Waals surface area contributed by atoms with Crippen LogP contribution in [0.1, 0.15) is 12.0 Å². The van der Waals surface area contributed by atoms with Crippen LogP contribution in [0, 0.1) is 0 Å². The van der Waals surface area contributed by atoms with Gasteiger partial charge in [0.05, 0.1) is 0 Å². The Morgan fingerprint density at radius 3 is 2.73 bits per heavy atom. The summed E-state index contributed by atoms with van der Waals surface area (Å²) in [6.07, 6.45) is 1.24. The molecule has 0 atom stereocenters. The van der Waals surface area contributed by atoms with Crippen molar-refractivity contribution in [1.82, 2.24) is 10.2 Å². The molecule has 15 heavy (non-hydrogen) atoms. The molecule has 0 aliphatic carbocycles. The minimum Gasteiger partial charge on any atom is -0.315 e. The monoisotopic (exact) mass is 224 g/mol. The number of nitrogens with zero attached hydrogens (tertiary/aromatic N) is 1. The number of hydrogen-bond donors (Lipinski definition) is 1. The number of rotatable bonds is 2. The van der Waals surface area contributed by atoms with Crippen molar-refractivity contribution in [2.24, 2.45) is 0 Å². The van der Waals surface area contributed by atoms with Gasteiger partial charge < -0.3 is 5.32 Å². The minimum atomic E-state index is 0.816. The SMILES string of the molecule is Clc1ccc(CN2CCCNCC2)cc1. The summed E-state index contributed by atoms with van der Waals surface area (Å²) in [5.41, 5.74) is 1.35. The van der Waals surface area contributed by atoms with E-state index in [0.29, 0.717) is 0 Å². The number of benzene rings is 1. The highest BCUT2D eigenvalue weighted by Gasteiger charge is 2.08. The van der Waals surface area contributed by atoms with E-state index in [2.05, 4.69) is 22.3 Å². The van der Waals surface area contributed by atoms with Crippen molar-refractivity contribution in [2.75, 3.05) is 26.2 Å². The second kappa shape index (κ2) is 5.50. The van der Waals surface area contributed by atoms with E-state index in [9.17, 15) is 0 Å². The first kappa shape index (κ1) is 10.9. The molecule has 0 aromatic heterocycles. The van der Waals surface area contributed by atoms with Gasteiger partial charge in [-0.25, -0.2) is 0 Å². The topological polar surface area (TPSA) is 15.3 Å². The van der Waals surface area contributed by atoms with E-state index in [0.717, 1.165) is 31.2 Å². The lowest BCUT2D eigenvalue weighted by Gasteiger charge is -2.19. The zero-order valence-electron chi connectivity index (χ0n) is 8.88. The summed E-state index contributed by atoms with van der Waals surface area (Å²) in [5, 5.41) is 4.23. The molecule has 1 aliphatic rings. The highest BCUT2D eigenvalue weighted by atomic mass is 35.5. The molecule has 1 heterocycles. The van der Waals surface area contributed by atoms with E-state index in [1.54, 1.807) is 0 Å². The van der Waals surface area contributed by atoms with Crippen molar-refractivity contribution >= 4 is 11.6 Å². The Bertz CT molecular complexity index is 289. The lowest BCUT2D eigenvalue weighted by Crippen LogP contribution is -2.27. The molecule has 1 fully saturated rings. The fourth-order valence-corrected chi connectivity index (χ4v) is 2.03. The normalized spacial score (nSPS) is 18.7. The zero-order chi connectivity index (χ0) is 10.5. The molecule has 1 aromatic rings. The van der Waals surface area contributed by atoms with Crippen molar-refractivity contribution < 1.29 is 0 Å². The van der Waals surface area contributed by atoms with Crippen molar-refractivity contribution in [3.8, 4) is 0 Å². The van der Waals surface area contributed by atoms with E-state index < -0.39 is 0 Å². The van der Waals surface area contributed by atoms with E-state index in [1.165, 1.54) is 18.5 Å². The van der Waals surface area contributed by atoms with Gasteiger partial charge in [-0.05, 0) is 37.2 Å². The van der Waals surface area contributed by atoms with Crippen LogP contribution in [0.2, 0.25) is 5.02 Å². The molecule has 1 aromatic carbocycles. The van der Waals surface area contributed by atoms with Gasteiger partial charge in [-0.2, -0.15) is 0 Å².